The Labute approximate surface area is 157 Å². The summed E-state index contributed by atoms with van der Waals surface area (Å²) in [5.41, 5.74) is 10.1. The van der Waals surface area contributed by atoms with Crippen molar-refractivity contribution in [1.29, 1.82) is 0 Å². The Bertz CT molecular complexity index is 627. The van der Waals surface area contributed by atoms with Crippen molar-refractivity contribution >= 4 is 8.32 Å². The molecule has 0 amide bonds. The SMILES string of the molecule is C[C@@H]1O[C@H](O[Si](C)(C)C(C)(C)C)C[C@H](N=[N+]=[N-])[C@@H]1OCc1ccccc1. The van der Waals surface area contributed by atoms with Crippen LogP contribution >= 0.6 is 0 Å². The number of ether oxygens (including phenoxy) is 2. The van der Waals surface area contributed by atoms with E-state index in [1.54, 1.807) is 0 Å². The monoisotopic (exact) mass is 377 g/mol. The van der Waals surface area contributed by atoms with Gasteiger partial charge in [-0.05, 0) is 36.2 Å². The van der Waals surface area contributed by atoms with Gasteiger partial charge in [0.2, 0.25) is 0 Å². The maximum Gasteiger partial charge on any atom is 0.195 e. The van der Waals surface area contributed by atoms with Crippen molar-refractivity contribution in [2.75, 3.05) is 0 Å². The van der Waals surface area contributed by atoms with Gasteiger partial charge in [0.05, 0.1) is 24.9 Å². The molecule has 2 rings (SSSR count). The maximum absolute atomic E-state index is 8.99. The lowest BCUT2D eigenvalue weighted by Gasteiger charge is -2.44. The molecule has 1 aliphatic rings. The third kappa shape index (κ3) is 5.31. The number of azide groups is 1. The third-order valence-corrected chi connectivity index (χ3v) is 9.82. The molecule has 1 aromatic carbocycles. The van der Waals surface area contributed by atoms with Crippen molar-refractivity contribution in [2.24, 2.45) is 5.11 Å². The van der Waals surface area contributed by atoms with Crippen LogP contribution in [0.1, 0.15) is 39.7 Å². The molecule has 0 spiro atoms. The summed E-state index contributed by atoms with van der Waals surface area (Å²) in [4.78, 5) is 3.02. The zero-order valence-electron chi connectivity index (χ0n) is 16.7. The molecule has 0 radical (unpaired) electrons. The van der Waals surface area contributed by atoms with E-state index in [0.717, 1.165) is 5.56 Å². The Kier molecular flexibility index (Phi) is 6.88. The Morgan fingerprint density at radius 2 is 1.92 bits per heavy atom. The van der Waals surface area contributed by atoms with Crippen molar-refractivity contribution in [3.05, 3.63) is 46.3 Å². The molecule has 0 unspecified atom stereocenters. The van der Waals surface area contributed by atoms with Crippen LogP contribution in [0, 0.1) is 0 Å². The van der Waals surface area contributed by atoms with Gasteiger partial charge in [0.15, 0.2) is 8.32 Å². The summed E-state index contributed by atoms with van der Waals surface area (Å²) in [7, 11) is -1.97. The zero-order valence-corrected chi connectivity index (χ0v) is 17.7. The van der Waals surface area contributed by atoms with Crippen LogP contribution in [0.5, 0.6) is 0 Å². The van der Waals surface area contributed by atoms with E-state index >= 15 is 0 Å². The number of rotatable bonds is 6. The quantitative estimate of drug-likeness (QED) is 0.288. The first-order valence-electron chi connectivity index (χ1n) is 9.17. The highest BCUT2D eigenvalue weighted by atomic mass is 28.4. The summed E-state index contributed by atoms with van der Waals surface area (Å²) >= 11 is 0. The Balaban J connectivity index is 2.05. The molecule has 1 aliphatic heterocycles. The van der Waals surface area contributed by atoms with Crippen molar-refractivity contribution in [1.82, 2.24) is 0 Å². The molecular weight excluding hydrogens is 346 g/mol. The van der Waals surface area contributed by atoms with Crippen molar-refractivity contribution < 1.29 is 13.9 Å². The van der Waals surface area contributed by atoms with Crippen LogP contribution in [0.15, 0.2) is 35.4 Å². The molecular formula is C19H31N3O3Si. The number of hydrogen-bond acceptors (Lipinski definition) is 4. The van der Waals surface area contributed by atoms with Crippen LogP contribution in [0.3, 0.4) is 0 Å². The smallest absolute Gasteiger partial charge is 0.195 e. The molecule has 0 saturated carbocycles. The molecule has 7 heteroatoms. The average molecular weight is 378 g/mol. The maximum atomic E-state index is 8.99. The molecule has 4 atom stereocenters. The standard InChI is InChI=1S/C19H31N3O3Si/c1-14-18(23-13-15-10-8-7-9-11-15)16(21-22-20)12-17(24-14)25-26(5,6)19(2,3)4/h7-11,14,16-18H,12-13H2,1-6H3/t14-,16-,17+,18+/m0/s1. The van der Waals surface area contributed by atoms with Gasteiger partial charge in [-0.3, -0.25) is 0 Å². The molecule has 1 saturated heterocycles. The van der Waals surface area contributed by atoms with Gasteiger partial charge in [-0.15, -0.1) is 0 Å². The van der Waals surface area contributed by atoms with Crippen LogP contribution in [-0.4, -0.2) is 32.9 Å². The van der Waals surface area contributed by atoms with Gasteiger partial charge in [-0.1, -0.05) is 56.2 Å². The molecule has 0 aromatic heterocycles. The Morgan fingerprint density at radius 1 is 1.27 bits per heavy atom. The fourth-order valence-electron chi connectivity index (χ4n) is 2.79. The van der Waals surface area contributed by atoms with Gasteiger partial charge in [-0.25, -0.2) is 0 Å². The molecule has 26 heavy (non-hydrogen) atoms. The summed E-state index contributed by atoms with van der Waals surface area (Å²) in [6, 6.07) is 9.66. The summed E-state index contributed by atoms with van der Waals surface area (Å²) in [6.45, 7) is 13.4. The fraction of sp³-hybridized carbons (Fsp3) is 0.684. The molecule has 1 aromatic rings. The van der Waals surface area contributed by atoms with E-state index in [-0.39, 0.29) is 29.6 Å². The second kappa shape index (κ2) is 8.54. The Hall–Kier alpha value is -1.37. The summed E-state index contributed by atoms with van der Waals surface area (Å²) in [6.07, 6.45) is -0.346. The second-order valence-electron chi connectivity index (χ2n) is 8.42. The van der Waals surface area contributed by atoms with Gasteiger partial charge in [0, 0.05) is 11.3 Å². The van der Waals surface area contributed by atoms with Gasteiger partial charge >= 0.3 is 0 Å². The van der Waals surface area contributed by atoms with Crippen molar-refractivity contribution in [3.63, 3.8) is 0 Å². The first kappa shape index (κ1) is 20.9. The summed E-state index contributed by atoms with van der Waals surface area (Å²) < 4.78 is 18.5. The summed E-state index contributed by atoms with van der Waals surface area (Å²) in [5, 5.41) is 4.07. The molecule has 1 heterocycles. The lowest BCUT2D eigenvalue weighted by atomic mass is 10.0. The first-order chi connectivity index (χ1) is 12.1. The lowest BCUT2D eigenvalue weighted by molar-refractivity contribution is -0.205. The van der Waals surface area contributed by atoms with E-state index in [2.05, 4.69) is 43.9 Å². The minimum Gasteiger partial charge on any atom is -0.392 e. The van der Waals surface area contributed by atoms with E-state index in [1.165, 1.54) is 0 Å². The molecule has 144 valence electrons. The van der Waals surface area contributed by atoms with Crippen LogP contribution in [-0.2, 0) is 20.5 Å². The van der Waals surface area contributed by atoms with Gasteiger partial charge in [0.1, 0.15) is 6.29 Å². The van der Waals surface area contributed by atoms with E-state index < -0.39 is 8.32 Å². The van der Waals surface area contributed by atoms with E-state index in [1.807, 2.05) is 37.3 Å². The predicted octanol–water partition coefficient (Wildman–Crippen LogP) is 5.41. The first-order valence-corrected chi connectivity index (χ1v) is 12.1. The highest BCUT2D eigenvalue weighted by Crippen LogP contribution is 2.39. The van der Waals surface area contributed by atoms with Crippen molar-refractivity contribution in [2.45, 2.75) is 83.4 Å². The van der Waals surface area contributed by atoms with Crippen LogP contribution in [0.25, 0.3) is 10.4 Å². The molecule has 0 bridgehead atoms. The van der Waals surface area contributed by atoms with Crippen molar-refractivity contribution in [3.8, 4) is 0 Å². The third-order valence-electron chi connectivity index (χ3n) is 5.36. The Morgan fingerprint density at radius 3 is 2.50 bits per heavy atom. The highest BCUT2D eigenvalue weighted by Gasteiger charge is 2.44. The van der Waals surface area contributed by atoms with E-state index in [0.29, 0.717) is 13.0 Å². The van der Waals surface area contributed by atoms with Gasteiger partial charge in [-0.2, -0.15) is 0 Å². The largest absolute Gasteiger partial charge is 0.392 e. The van der Waals surface area contributed by atoms with E-state index in [9.17, 15) is 0 Å². The van der Waals surface area contributed by atoms with E-state index in [4.69, 9.17) is 19.4 Å². The highest BCUT2D eigenvalue weighted by molar-refractivity contribution is 6.74. The molecule has 1 fully saturated rings. The second-order valence-corrected chi connectivity index (χ2v) is 13.2. The predicted molar refractivity (Wildman–Crippen MR) is 105 cm³/mol. The minimum absolute atomic E-state index is 0.0915. The molecule has 0 aliphatic carbocycles. The molecule has 0 N–H and O–H groups in total. The fourth-order valence-corrected chi connectivity index (χ4v) is 3.95. The minimum atomic E-state index is -1.97. The number of hydrogen-bond donors (Lipinski definition) is 0. The zero-order chi connectivity index (χ0) is 19.4. The normalized spacial score (nSPS) is 27.0. The topological polar surface area (TPSA) is 76.5 Å². The molecule has 6 nitrogen and oxygen atoms in total. The number of benzene rings is 1. The van der Waals surface area contributed by atoms with Crippen LogP contribution in [0.2, 0.25) is 18.1 Å². The lowest BCUT2D eigenvalue weighted by Crippen LogP contribution is -2.52. The average Bonchev–Trinajstić information content (AvgIpc) is 2.54. The van der Waals surface area contributed by atoms with Gasteiger partial charge in [0.25, 0.3) is 0 Å². The number of nitrogens with zero attached hydrogens (tertiary/aromatic N) is 3. The van der Waals surface area contributed by atoms with Gasteiger partial charge < -0.3 is 13.9 Å². The van der Waals surface area contributed by atoms with Crippen LogP contribution < -0.4 is 0 Å². The summed E-state index contributed by atoms with van der Waals surface area (Å²) in [5.74, 6) is 0. The van der Waals surface area contributed by atoms with Crippen LogP contribution in [0.4, 0.5) is 0 Å².